The van der Waals surface area contributed by atoms with Crippen LogP contribution in [0.3, 0.4) is 0 Å². The van der Waals surface area contributed by atoms with Crippen molar-refractivity contribution < 1.29 is 15.0 Å². The van der Waals surface area contributed by atoms with Gasteiger partial charge in [-0.1, -0.05) is 124 Å². The largest absolute Gasteiger partial charge is 0.481 e. The van der Waals surface area contributed by atoms with Crippen LogP contribution in [-0.2, 0) is 4.79 Å². The molecule has 0 saturated carbocycles. The Morgan fingerprint density at radius 2 is 0.967 bits per heavy atom. The Morgan fingerprint density at radius 3 is 1.27 bits per heavy atom. The summed E-state index contributed by atoms with van der Waals surface area (Å²) >= 11 is 0. The minimum absolute atomic E-state index is 0.345. The van der Waals surface area contributed by atoms with Gasteiger partial charge < -0.3 is 15.9 Å². The molecule has 0 radical (unpaired) electrons. The maximum absolute atomic E-state index is 10.3. The second kappa shape index (κ2) is 24.7. The molecule has 0 bridgehead atoms. The van der Waals surface area contributed by atoms with Crippen LogP contribution >= 0.6 is 0 Å². The maximum atomic E-state index is 10.3. The number of carboxylic acid groups (broad SMARTS) is 1. The van der Waals surface area contributed by atoms with E-state index in [1.54, 1.807) is 0 Å². The third-order valence-electron chi connectivity index (χ3n) is 5.87. The summed E-state index contributed by atoms with van der Waals surface area (Å²) in [6.07, 6.45) is 23.4. The third kappa shape index (κ3) is 25.4. The van der Waals surface area contributed by atoms with Gasteiger partial charge in [0.25, 0.3) is 0 Å². The molecule has 4 nitrogen and oxygen atoms in total. The number of hydrogen-bond donors (Lipinski definition) is 3. The van der Waals surface area contributed by atoms with Crippen LogP contribution in [0.15, 0.2) is 0 Å². The summed E-state index contributed by atoms with van der Waals surface area (Å²) in [6, 6.07) is 0. The van der Waals surface area contributed by atoms with Gasteiger partial charge in [-0.3, -0.25) is 4.79 Å². The van der Waals surface area contributed by atoms with Gasteiger partial charge in [-0.05, 0) is 19.3 Å². The predicted octanol–water partition coefficient (Wildman–Crippen LogP) is 7.61. The van der Waals surface area contributed by atoms with Crippen LogP contribution in [0.25, 0.3) is 0 Å². The Balaban J connectivity index is 0. The Hall–Kier alpha value is -0.610. The SMILES string of the molecule is CCCCC(O)(CN)CCCC.CCCCCCCCCCCCCCCC(=O)O. The fraction of sp³-hybridized carbons (Fsp3) is 0.962. The minimum atomic E-state index is -0.655. The standard InChI is InChI=1S/C16H32O2.C10H23NO/c1-2-3-4-5-6-7-8-9-10-11-12-13-14-15-16(17)18;1-3-5-7-10(12,9-11)8-6-4-2/h2-15H2,1H3,(H,17,18);12H,3-9,11H2,1-2H3. The topological polar surface area (TPSA) is 83.5 Å². The number of nitrogens with two attached hydrogens (primary N) is 1. The molecule has 0 saturated heterocycles. The maximum Gasteiger partial charge on any atom is 0.303 e. The molecule has 0 spiro atoms. The predicted molar refractivity (Wildman–Crippen MR) is 131 cm³/mol. The quantitative estimate of drug-likeness (QED) is 0.164. The molecule has 0 aliphatic carbocycles. The van der Waals surface area contributed by atoms with Crippen molar-refractivity contribution in [1.29, 1.82) is 0 Å². The number of hydrogen-bond acceptors (Lipinski definition) is 3. The molecule has 0 heterocycles. The third-order valence-corrected chi connectivity index (χ3v) is 5.87. The van der Waals surface area contributed by atoms with E-state index >= 15 is 0 Å². The summed E-state index contributed by atoms with van der Waals surface area (Å²) in [6.45, 7) is 6.94. The number of carboxylic acids is 1. The molecule has 4 N–H and O–H groups in total. The molecule has 0 aliphatic heterocycles. The van der Waals surface area contributed by atoms with E-state index in [1.165, 1.54) is 70.6 Å². The molecule has 182 valence electrons. The fourth-order valence-electron chi connectivity index (χ4n) is 3.63. The molecule has 0 amide bonds. The Labute approximate surface area is 188 Å². The lowest BCUT2D eigenvalue weighted by atomic mass is 9.91. The Morgan fingerprint density at radius 1 is 0.633 bits per heavy atom. The molecule has 0 aromatic carbocycles. The van der Waals surface area contributed by atoms with Gasteiger partial charge in [-0.2, -0.15) is 0 Å². The molecule has 0 atom stereocenters. The summed E-state index contributed by atoms with van der Waals surface area (Å²) < 4.78 is 0. The summed E-state index contributed by atoms with van der Waals surface area (Å²) in [4.78, 5) is 10.3. The van der Waals surface area contributed by atoms with Gasteiger partial charge >= 0.3 is 5.97 Å². The summed E-state index contributed by atoms with van der Waals surface area (Å²) in [5.41, 5.74) is 4.96. The number of carbonyl (C=O) groups is 1. The molecule has 0 aromatic rings. The lowest BCUT2D eigenvalue weighted by Crippen LogP contribution is -2.37. The van der Waals surface area contributed by atoms with Crippen LogP contribution in [-0.4, -0.2) is 28.3 Å². The van der Waals surface area contributed by atoms with Gasteiger partial charge in [-0.25, -0.2) is 0 Å². The molecule has 30 heavy (non-hydrogen) atoms. The number of aliphatic hydroxyl groups is 1. The normalized spacial score (nSPS) is 11.2. The summed E-state index contributed by atoms with van der Waals surface area (Å²) in [5.74, 6) is -0.655. The van der Waals surface area contributed by atoms with Crippen LogP contribution in [0.5, 0.6) is 0 Å². The molecule has 0 aliphatic rings. The van der Waals surface area contributed by atoms with Crippen LogP contribution in [0.1, 0.15) is 149 Å². The van der Waals surface area contributed by atoms with Crippen LogP contribution in [0.2, 0.25) is 0 Å². The highest BCUT2D eigenvalue weighted by Crippen LogP contribution is 2.19. The lowest BCUT2D eigenvalue weighted by molar-refractivity contribution is -0.137. The lowest BCUT2D eigenvalue weighted by Gasteiger charge is -2.26. The van der Waals surface area contributed by atoms with Gasteiger partial charge in [0.1, 0.15) is 0 Å². The van der Waals surface area contributed by atoms with Gasteiger partial charge in [0.05, 0.1) is 5.60 Å². The molecule has 0 fully saturated rings. The summed E-state index contributed by atoms with van der Waals surface area (Å²) in [5, 5.41) is 18.4. The van der Waals surface area contributed by atoms with Gasteiger partial charge in [0.15, 0.2) is 0 Å². The average Bonchev–Trinajstić information content (AvgIpc) is 2.74. The zero-order chi connectivity index (χ0) is 22.9. The van der Waals surface area contributed by atoms with Crippen molar-refractivity contribution >= 4 is 5.97 Å². The van der Waals surface area contributed by atoms with E-state index in [9.17, 15) is 9.90 Å². The van der Waals surface area contributed by atoms with Crippen molar-refractivity contribution in [3.8, 4) is 0 Å². The van der Waals surface area contributed by atoms with Crippen molar-refractivity contribution in [1.82, 2.24) is 0 Å². The van der Waals surface area contributed by atoms with E-state index in [4.69, 9.17) is 10.8 Å². The van der Waals surface area contributed by atoms with Gasteiger partial charge in [0.2, 0.25) is 0 Å². The zero-order valence-corrected chi connectivity index (χ0v) is 20.7. The highest BCUT2D eigenvalue weighted by Gasteiger charge is 2.22. The highest BCUT2D eigenvalue weighted by molar-refractivity contribution is 5.66. The van der Waals surface area contributed by atoms with Gasteiger partial charge in [-0.15, -0.1) is 0 Å². The van der Waals surface area contributed by atoms with Crippen molar-refractivity contribution in [2.24, 2.45) is 5.73 Å². The van der Waals surface area contributed by atoms with E-state index in [1.807, 2.05) is 0 Å². The molecular weight excluding hydrogens is 374 g/mol. The first-order valence-electron chi connectivity index (χ1n) is 13.1. The fourth-order valence-corrected chi connectivity index (χ4v) is 3.63. The minimum Gasteiger partial charge on any atom is -0.481 e. The van der Waals surface area contributed by atoms with Gasteiger partial charge in [0, 0.05) is 13.0 Å². The first kappa shape index (κ1) is 31.6. The second-order valence-electron chi connectivity index (χ2n) is 9.02. The highest BCUT2D eigenvalue weighted by atomic mass is 16.4. The molecule has 4 heteroatoms. The van der Waals surface area contributed by atoms with Crippen molar-refractivity contribution in [3.05, 3.63) is 0 Å². The van der Waals surface area contributed by atoms with Crippen LogP contribution in [0.4, 0.5) is 0 Å². The number of unbranched alkanes of at least 4 members (excludes halogenated alkanes) is 14. The monoisotopic (exact) mass is 429 g/mol. The average molecular weight is 430 g/mol. The van der Waals surface area contributed by atoms with Crippen LogP contribution in [0, 0.1) is 0 Å². The molecular formula is C26H55NO3. The van der Waals surface area contributed by atoms with Crippen molar-refractivity contribution in [3.63, 3.8) is 0 Å². The second-order valence-corrected chi connectivity index (χ2v) is 9.02. The first-order chi connectivity index (χ1) is 14.5. The Kier molecular flexibility index (Phi) is 26.0. The molecule has 0 unspecified atom stereocenters. The number of rotatable bonds is 21. The van der Waals surface area contributed by atoms with Crippen molar-refractivity contribution in [2.45, 2.75) is 155 Å². The Bertz CT molecular complexity index is 339. The first-order valence-corrected chi connectivity index (χ1v) is 13.1. The van der Waals surface area contributed by atoms with Crippen LogP contribution < -0.4 is 5.73 Å². The molecule has 0 rings (SSSR count). The van der Waals surface area contributed by atoms with E-state index in [-0.39, 0.29) is 0 Å². The van der Waals surface area contributed by atoms with E-state index in [0.29, 0.717) is 13.0 Å². The summed E-state index contributed by atoms with van der Waals surface area (Å²) in [7, 11) is 0. The van der Waals surface area contributed by atoms with Crippen molar-refractivity contribution in [2.75, 3.05) is 6.54 Å². The number of aliphatic carboxylic acids is 1. The zero-order valence-electron chi connectivity index (χ0n) is 20.7. The molecule has 0 aromatic heterocycles. The smallest absolute Gasteiger partial charge is 0.303 e. The van der Waals surface area contributed by atoms with E-state index in [2.05, 4.69) is 20.8 Å². The van der Waals surface area contributed by atoms with E-state index in [0.717, 1.165) is 51.4 Å². The van der Waals surface area contributed by atoms with E-state index < -0.39 is 11.6 Å².